The van der Waals surface area contributed by atoms with E-state index in [1.807, 2.05) is 30.4 Å². The van der Waals surface area contributed by atoms with Crippen LogP contribution in [-0.4, -0.2) is 33.4 Å². The van der Waals surface area contributed by atoms with Crippen LogP contribution in [0.4, 0.5) is 0 Å². The van der Waals surface area contributed by atoms with Crippen LogP contribution in [0.15, 0.2) is 4.52 Å². The third-order valence-electron chi connectivity index (χ3n) is 3.13. The highest BCUT2D eigenvalue weighted by atomic mass is 32.2. The molecule has 3 atom stereocenters. The number of hydrogen-bond donors (Lipinski definition) is 1. The van der Waals surface area contributed by atoms with E-state index in [2.05, 4.69) is 24.0 Å². The molecular weight excluding hydrogens is 266 g/mol. The standard InChI is InChI=1S/C12H21N3OS2/c1-7(2)10(8(3)13)12-14-11(15-16-12)9-6-17-4-5-18-9/h7-10H,4-6,13H2,1-3H3. The van der Waals surface area contributed by atoms with E-state index in [1.165, 1.54) is 11.5 Å². The average molecular weight is 287 g/mol. The molecule has 1 aliphatic heterocycles. The minimum atomic E-state index is 0.0340. The molecule has 0 bridgehead atoms. The Kier molecular flexibility index (Phi) is 4.98. The maximum atomic E-state index is 6.02. The van der Waals surface area contributed by atoms with E-state index in [-0.39, 0.29) is 12.0 Å². The van der Waals surface area contributed by atoms with Crippen LogP contribution in [0, 0.1) is 5.92 Å². The van der Waals surface area contributed by atoms with Gasteiger partial charge in [0.25, 0.3) is 0 Å². The number of aromatic nitrogens is 2. The molecule has 102 valence electrons. The van der Waals surface area contributed by atoms with E-state index in [0.29, 0.717) is 17.1 Å². The predicted molar refractivity (Wildman–Crippen MR) is 78.1 cm³/mol. The first-order chi connectivity index (χ1) is 8.59. The van der Waals surface area contributed by atoms with Crippen molar-refractivity contribution < 1.29 is 4.52 Å². The molecule has 4 nitrogen and oxygen atoms in total. The second-order valence-electron chi connectivity index (χ2n) is 5.05. The predicted octanol–water partition coefficient (Wildman–Crippen LogP) is 2.68. The highest BCUT2D eigenvalue weighted by Gasteiger charge is 2.28. The molecule has 0 aromatic carbocycles. The molecule has 0 spiro atoms. The van der Waals surface area contributed by atoms with Gasteiger partial charge in [-0.1, -0.05) is 19.0 Å². The Labute approximate surface area is 117 Å². The monoisotopic (exact) mass is 287 g/mol. The molecule has 2 heterocycles. The fraction of sp³-hybridized carbons (Fsp3) is 0.833. The van der Waals surface area contributed by atoms with Gasteiger partial charge in [0.05, 0.1) is 11.2 Å². The van der Waals surface area contributed by atoms with E-state index >= 15 is 0 Å². The summed E-state index contributed by atoms with van der Waals surface area (Å²) in [7, 11) is 0. The molecule has 0 amide bonds. The molecule has 1 aliphatic rings. The zero-order valence-corrected chi connectivity index (χ0v) is 12.8. The van der Waals surface area contributed by atoms with Gasteiger partial charge < -0.3 is 10.3 Å². The fourth-order valence-corrected chi connectivity index (χ4v) is 4.86. The molecule has 1 fully saturated rings. The highest BCUT2D eigenvalue weighted by molar-refractivity contribution is 8.06. The molecule has 1 aromatic heterocycles. The zero-order valence-electron chi connectivity index (χ0n) is 11.1. The maximum Gasteiger partial charge on any atom is 0.231 e. The van der Waals surface area contributed by atoms with Gasteiger partial charge in [-0.3, -0.25) is 0 Å². The number of nitrogens with two attached hydrogens (primary N) is 1. The smallest absolute Gasteiger partial charge is 0.231 e. The summed E-state index contributed by atoms with van der Waals surface area (Å²) in [5.74, 6) is 5.56. The first-order valence-corrected chi connectivity index (χ1v) is 8.58. The van der Waals surface area contributed by atoms with Gasteiger partial charge in [-0.05, 0) is 12.8 Å². The molecule has 6 heteroatoms. The lowest BCUT2D eigenvalue weighted by atomic mass is 9.90. The van der Waals surface area contributed by atoms with Gasteiger partial charge in [0.2, 0.25) is 5.89 Å². The summed E-state index contributed by atoms with van der Waals surface area (Å²) in [6.45, 7) is 6.28. The Morgan fingerprint density at radius 2 is 2.11 bits per heavy atom. The van der Waals surface area contributed by atoms with Crippen LogP contribution in [0.1, 0.15) is 43.7 Å². The van der Waals surface area contributed by atoms with Crippen molar-refractivity contribution in [1.82, 2.24) is 10.1 Å². The van der Waals surface area contributed by atoms with Crippen LogP contribution in [0.25, 0.3) is 0 Å². The van der Waals surface area contributed by atoms with Crippen molar-refractivity contribution >= 4 is 23.5 Å². The Balaban J connectivity index is 2.13. The SMILES string of the molecule is CC(C)C(c1nc(C2CSCCS2)no1)C(C)N. The van der Waals surface area contributed by atoms with Crippen molar-refractivity contribution in [3.8, 4) is 0 Å². The largest absolute Gasteiger partial charge is 0.339 e. The van der Waals surface area contributed by atoms with Crippen molar-refractivity contribution in [2.45, 2.75) is 38.0 Å². The Morgan fingerprint density at radius 3 is 2.67 bits per heavy atom. The molecule has 18 heavy (non-hydrogen) atoms. The summed E-state index contributed by atoms with van der Waals surface area (Å²) in [6.07, 6.45) is 0. The van der Waals surface area contributed by atoms with Crippen molar-refractivity contribution in [1.29, 1.82) is 0 Å². The average Bonchev–Trinajstić information content (AvgIpc) is 2.78. The summed E-state index contributed by atoms with van der Waals surface area (Å²) in [5.41, 5.74) is 6.02. The van der Waals surface area contributed by atoms with Gasteiger partial charge in [0.15, 0.2) is 5.82 Å². The summed E-state index contributed by atoms with van der Waals surface area (Å²) in [4.78, 5) is 4.58. The minimum absolute atomic E-state index is 0.0340. The molecule has 1 aromatic rings. The lowest BCUT2D eigenvalue weighted by Gasteiger charge is -2.20. The summed E-state index contributed by atoms with van der Waals surface area (Å²) >= 11 is 3.88. The van der Waals surface area contributed by atoms with Crippen LogP contribution in [-0.2, 0) is 0 Å². The van der Waals surface area contributed by atoms with E-state index in [1.54, 1.807) is 0 Å². The Morgan fingerprint density at radius 1 is 1.33 bits per heavy atom. The van der Waals surface area contributed by atoms with Crippen molar-refractivity contribution in [2.24, 2.45) is 11.7 Å². The lowest BCUT2D eigenvalue weighted by molar-refractivity contribution is 0.298. The topological polar surface area (TPSA) is 64.9 Å². The van der Waals surface area contributed by atoms with E-state index < -0.39 is 0 Å². The number of nitrogens with zero attached hydrogens (tertiary/aromatic N) is 2. The van der Waals surface area contributed by atoms with Gasteiger partial charge >= 0.3 is 0 Å². The van der Waals surface area contributed by atoms with E-state index in [0.717, 1.165) is 11.6 Å². The summed E-state index contributed by atoms with van der Waals surface area (Å²) in [6, 6.07) is 0.0340. The first-order valence-electron chi connectivity index (χ1n) is 6.38. The molecule has 0 saturated carbocycles. The maximum absolute atomic E-state index is 6.02. The summed E-state index contributed by atoms with van der Waals surface area (Å²) < 4.78 is 5.44. The number of hydrogen-bond acceptors (Lipinski definition) is 6. The second-order valence-corrected chi connectivity index (χ2v) is 7.51. The third kappa shape index (κ3) is 3.22. The van der Waals surface area contributed by atoms with Gasteiger partial charge in [-0.2, -0.15) is 16.7 Å². The van der Waals surface area contributed by atoms with Gasteiger partial charge in [0, 0.05) is 23.3 Å². The van der Waals surface area contributed by atoms with Gasteiger partial charge in [-0.25, -0.2) is 0 Å². The highest BCUT2D eigenvalue weighted by Crippen LogP contribution is 2.36. The van der Waals surface area contributed by atoms with Crippen molar-refractivity contribution in [3.05, 3.63) is 11.7 Å². The van der Waals surface area contributed by atoms with Crippen LogP contribution in [0.3, 0.4) is 0 Å². The quantitative estimate of drug-likeness (QED) is 0.918. The molecule has 1 saturated heterocycles. The first kappa shape index (κ1) is 14.2. The van der Waals surface area contributed by atoms with Gasteiger partial charge in [-0.15, -0.1) is 11.8 Å². The molecule has 2 N–H and O–H groups in total. The van der Waals surface area contributed by atoms with E-state index in [9.17, 15) is 0 Å². The molecule has 3 unspecified atom stereocenters. The normalized spacial score (nSPS) is 24.2. The van der Waals surface area contributed by atoms with E-state index in [4.69, 9.17) is 10.3 Å². The van der Waals surface area contributed by atoms with Crippen LogP contribution in [0.2, 0.25) is 0 Å². The molecule has 0 radical (unpaired) electrons. The van der Waals surface area contributed by atoms with Crippen molar-refractivity contribution in [3.63, 3.8) is 0 Å². The van der Waals surface area contributed by atoms with Crippen LogP contribution < -0.4 is 5.73 Å². The van der Waals surface area contributed by atoms with Crippen LogP contribution in [0.5, 0.6) is 0 Å². The Hall–Kier alpha value is -0.200. The third-order valence-corrected chi connectivity index (χ3v) is 5.88. The van der Waals surface area contributed by atoms with Crippen molar-refractivity contribution in [2.75, 3.05) is 17.3 Å². The number of rotatable bonds is 4. The zero-order chi connectivity index (χ0) is 13.1. The second kappa shape index (κ2) is 6.30. The summed E-state index contributed by atoms with van der Waals surface area (Å²) in [5, 5.41) is 4.53. The van der Waals surface area contributed by atoms with Crippen LogP contribution >= 0.6 is 23.5 Å². The minimum Gasteiger partial charge on any atom is -0.339 e. The molecule has 0 aliphatic carbocycles. The number of thioether (sulfide) groups is 2. The lowest BCUT2D eigenvalue weighted by Crippen LogP contribution is -2.28. The fourth-order valence-electron chi connectivity index (χ4n) is 2.27. The van der Waals surface area contributed by atoms with Gasteiger partial charge in [0.1, 0.15) is 0 Å². The Bertz CT molecular complexity index is 367. The molecular formula is C12H21N3OS2. The molecule has 2 rings (SSSR count).